The van der Waals surface area contributed by atoms with Crippen LogP contribution in [0.25, 0.3) is 5.69 Å². The molecule has 0 aliphatic carbocycles. The summed E-state index contributed by atoms with van der Waals surface area (Å²) in [6, 6.07) is 17.9. The molecule has 3 aromatic heterocycles. The summed E-state index contributed by atoms with van der Waals surface area (Å²) in [6.07, 6.45) is 5.76. The predicted molar refractivity (Wildman–Crippen MR) is 154 cm³/mol. The number of thiocarbonyl (C=S) groups is 1. The highest BCUT2D eigenvalue weighted by atomic mass is 32.1. The van der Waals surface area contributed by atoms with Gasteiger partial charge in [0.2, 0.25) is 5.91 Å². The molecule has 0 saturated carbocycles. The Morgan fingerprint density at radius 1 is 1.05 bits per heavy atom. The molecule has 5 rings (SSSR count). The van der Waals surface area contributed by atoms with Crippen molar-refractivity contribution in [1.29, 1.82) is 0 Å². The predicted octanol–water partition coefficient (Wildman–Crippen LogP) is 5.50. The van der Waals surface area contributed by atoms with Crippen LogP contribution in [0.3, 0.4) is 0 Å². The standard InChI is InChI=1S/C30H32N6OS/c1-19-10-11-20(2)26(16-19)33-27(37)12-15-35-29(28(34-30(35)38)25-9-5-6-14-32-25)24-17-21(3)36(22(24)4)23-8-7-13-31-18-23/h5-11,13-14,16-18,28-29H,12,15H2,1-4H3,(H,33,37)(H,34,38). The van der Waals surface area contributed by atoms with E-state index >= 15 is 0 Å². The average Bonchev–Trinajstić information content (AvgIpc) is 3.40. The molecule has 2 unspecified atom stereocenters. The monoisotopic (exact) mass is 524 g/mol. The fourth-order valence-corrected chi connectivity index (χ4v) is 5.59. The molecule has 1 amide bonds. The molecule has 0 bridgehead atoms. The van der Waals surface area contributed by atoms with E-state index < -0.39 is 0 Å². The van der Waals surface area contributed by atoms with Crippen LogP contribution in [0, 0.1) is 27.7 Å². The van der Waals surface area contributed by atoms with E-state index in [0.717, 1.165) is 45.1 Å². The highest BCUT2D eigenvalue weighted by molar-refractivity contribution is 7.80. The topological polar surface area (TPSA) is 75.1 Å². The van der Waals surface area contributed by atoms with Crippen LogP contribution in [0.2, 0.25) is 0 Å². The number of anilines is 1. The number of nitrogens with one attached hydrogen (secondary N) is 2. The Labute approximate surface area is 228 Å². The summed E-state index contributed by atoms with van der Waals surface area (Å²) in [6.45, 7) is 8.72. The van der Waals surface area contributed by atoms with Gasteiger partial charge in [0, 0.05) is 42.4 Å². The van der Waals surface area contributed by atoms with E-state index in [1.165, 1.54) is 0 Å². The minimum atomic E-state index is -0.145. The minimum Gasteiger partial charge on any atom is -0.352 e. The normalized spacial score (nSPS) is 16.9. The molecule has 2 N–H and O–H groups in total. The van der Waals surface area contributed by atoms with Crippen molar-refractivity contribution in [3.8, 4) is 5.69 Å². The van der Waals surface area contributed by atoms with Crippen molar-refractivity contribution in [2.24, 2.45) is 0 Å². The molecule has 7 nitrogen and oxygen atoms in total. The third-order valence-electron chi connectivity index (χ3n) is 7.14. The summed E-state index contributed by atoms with van der Waals surface area (Å²) < 4.78 is 2.21. The van der Waals surface area contributed by atoms with Gasteiger partial charge >= 0.3 is 0 Å². The van der Waals surface area contributed by atoms with Crippen molar-refractivity contribution in [3.63, 3.8) is 0 Å². The highest BCUT2D eigenvalue weighted by Crippen LogP contribution is 2.41. The zero-order valence-corrected chi connectivity index (χ0v) is 22.9. The number of benzene rings is 1. The van der Waals surface area contributed by atoms with Gasteiger partial charge in [0.1, 0.15) is 0 Å². The Morgan fingerprint density at radius 3 is 2.63 bits per heavy atom. The first-order valence-corrected chi connectivity index (χ1v) is 13.2. The maximum absolute atomic E-state index is 13.0. The largest absolute Gasteiger partial charge is 0.352 e. The van der Waals surface area contributed by atoms with E-state index in [2.05, 4.69) is 56.0 Å². The van der Waals surface area contributed by atoms with Gasteiger partial charge in [0.25, 0.3) is 0 Å². The van der Waals surface area contributed by atoms with Gasteiger partial charge in [-0.2, -0.15) is 0 Å². The van der Waals surface area contributed by atoms with Crippen LogP contribution in [-0.4, -0.2) is 37.0 Å². The molecular formula is C30H32N6OS. The molecule has 8 heteroatoms. The molecular weight excluding hydrogens is 492 g/mol. The maximum atomic E-state index is 13.0. The second-order valence-corrected chi connectivity index (χ2v) is 10.2. The van der Waals surface area contributed by atoms with Gasteiger partial charge in [-0.15, -0.1) is 0 Å². The number of carbonyl (C=O) groups is 1. The third-order valence-corrected chi connectivity index (χ3v) is 7.49. The number of pyridine rings is 2. The van der Waals surface area contributed by atoms with Gasteiger partial charge < -0.3 is 20.1 Å². The number of nitrogens with zero attached hydrogens (tertiary/aromatic N) is 4. The fourth-order valence-electron chi connectivity index (χ4n) is 5.26. The molecule has 4 heterocycles. The second-order valence-electron chi connectivity index (χ2n) is 9.81. The van der Waals surface area contributed by atoms with E-state index in [9.17, 15) is 4.79 Å². The van der Waals surface area contributed by atoms with Crippen molar-refractivity contribution in [2.75, 3.05) is 11.9 Å². The number of hydrogen-bond donors (Lipinski definition) is 2. The minimum absolute atomic E-state index is 0.0395. The third kappa shape index (κ3) is 5.04. The molecule has 1 saturated heterocycles. The van der Waals surface area contributed by atoms with E-state index in [-0.39, 0.29) is 18.0 Å². The summed E-state index contributed by atoms with van der Waals surface area (Å²) in [4.78, 5) is 24.1. The first kappa shape index (κ1) is 25.6. The molecule has 194 valence electrons. The Bertz CT molecular complexity index is 1470. The van der Waals surface area contributed by atoms with Gasteiger partial charge in [-0.1, -0.05) is 18.2 Å². The zero-order valence-electron chi connectivity index (χ0n) is 22.1. The van der Waals surface area contributed by atoms with Gasteiger partial charge in [0.15, 0.2) is 5.11 Å². The SMILES string of the molecule is Cc1ccc(C)c(NC(=O)CCN2C(=S)NC(c3ccccn3)C2c2cc(C)n(-c3cccnc3)c2C)c1. The van der Waals surface area contributed by atoms with Crippen LogP contribution in [0.5, 0.6) is 0 Å². The lowest BCUT2D eigenvalue weighted by Gasteiger charge is -2.28. The maximum Gasteiger partial charge on any atom is 0.226 e. The lowest BCUT2D eigenvalue weighted by molar-refractivity contribution is -0.116. The summed E-state index contributed by atoms with van der Waals surface area (Å²) in [5.74, 6) is -0.0395. The van der Waals surface area contributed by atoms with Crippen LogP contribution in [0.4, 0.5) is 5.69 Å². The summed E-state index contributed by atoms with van der Waals surface area (Å²) in [5.41, 5.74) is 8.28. The van der Waals surface area contributed by atoms with Crippen molar-refractivity contribution in [3.05, 3.63) is 107 Å². The molecule has 4 aromatic rings. The highest BCUT2D eigenvalue weighted by Gasteiger charge is 2.41. The molecule has 0 radical (unpaired) electrons. The average molecular weight is 525 g/mol. The Balaban J connectivity index is 1.46. The summed E-state index contributed by atoms with van der Waals surface area (Å²) in [5, 5.41) is 7.20. The first-order chi connectivity index (χ1) is 18.3. The Kier molecular flexibility index (Phi) is 7.24. The lowest BCUT2D eigenvalue weighted by atomic mass is 9.96. The quantitative estimate of drug-likeness (QED) is 0.311. The summed E-state index contributed by atoms with van der Waals surface area (Å²) in [7, 11) is 0. The van der Waals surface area contributed by atoms with E-state index in [1.807, 2.05) is 62.5 Å². The lowest BCUT2D eigenvalue weighted by Crippen LogP contribution is -2.33. The van der Waals surface area contributed by atoms with E-state index in [1.54, 1.807) is 12.4 Å². The van der Waals surface area contributed by atoms with Crippen molar-refractivity contribution in [1.82, 2.24) is 24.8 Å². The molecule has 38 heavy (non-hydrogen) atoms. The van der Waals surface area contributed by atoms with Gasteiger partial charge in [-0.3, -0.25) is 14.8 Å². The molecule has 1 aliphatic rings. The number of amides is 1. The Hall–Kier alpha value is -4.04. The van der Waals surface area contributed by atoms with Gasteiger partial charge in [0.05, 0.1) is 29.7 Å². The van der Waals surface area contributed by atoms with Crippen LogP contribution < -0.4 is 10.6 Å². The molecule has 1 aliphatic heterocycles. The van der Waals surface area contributed by atoms with Crippen molar-refractivity contribution in [2.45, 2.75) is 46.2 Å². The molecule has 0 spiro atoms. The Morgan fingerprint density at radius 2 is 1.89 bits per heavy atom. The van der Waals surface area contributed by atoms with Crippen molar-refractivity contribution < 1.29 is 4.79 Å². The van der Waals surface area contributed by atoms with E-state index in [4.69, 9.17) is 12.2 Å². The van der Waals surface area contributed by atoms with Crippen LogP contribution in [-0.2, 0) is 4.79 Å². The van der Waals surface area contributed by atoms with Crippen molar-refractivity contribution >= 4 is 28.9 Å². The fraction of sp³-hybridized carbons (Fsp3) is 0.267. The van der Waals surface area contributed by atoms with Gasteiger partial charge in [-0.25, -0.2) is 0 Å². The number of hydrogen-bond acceptors (Lipinski definition) is 4. The molecule has 2 atom stereocenters. The number of rotatable bonds is 7. The number of aryl methyl sites for hydroxylation is 3. The summed E-state index contributed by atoms with van der Waals surface area (Å²) >= 11 is 5.83. The smallest absolute Gasteiger partial charge is 0.226 e. The van der Waals surface area contributed by atoms with E-state index in [0.29, 0.717) is 18.1 Å². The number of carbonyl (C=O) groups excluding carboxylic acids is 1. The van der Waals surface area contributed by atoms with Crippen LogP contribution in [0.15, 0.2) is 73.2 Å². The first-order valence-electron chi connectivity index (χ1n) is 12.8. The van der Waals surface area contributed by atoms with Crippen LogP contribution >= 0.6 is 12.2 Å². The molecule has 1 aromatic carbocycles. The second kappa shape index (κ2) is 10.8. The zero-order chi connectivity index (χ0) is 26.8. The van der Waals surface area contributed by atoms with Crippen LogP contribution in [0.1, 0.15) is 52.3 Å². The van der Waals surface area contributed by atoms with Gasteiger partial charge in [-0.05, 0) is 93.0 Å². The number of aromatic nitrogens is 3. The molecule has 1 fully saturated rings.